The van der Waals surface area contributed by atoms with Crippen LogP contribution < -0.4 is 0 Å². The van der Waals surface area contributed by atoms with Crippen LogP contribution in [0.15, 0.2) is 52.3 Å². The van der Waals surface area contributed by atoms with Crippen molar-refractivity contribution in [3.05, 3.63) is 59.2 Å². The second-order valence-electron chi connectivity index (χ2n) is 4.62. The van der Waals surface area contributed by atoms with Crippen molar-refractivity contribution in [3.8, 4) is 6.07 Å². The summed E-state index contributed by atoms with van der Waals surface area (Å²) in [4.78, 5) is 24.0. The lowest BCUT2D eigenvalue weighted by Crippen LogP contribution is -2.02. The van der Waals surface area contributed by atoms with Crippen molar-refractivity contribution >= 4 is 23.7 Å². The minimum absolute atomic E-state index is 0.196. The highest BCUT2D eigenvalue weighted by Crippen LogP contribution is 2.29. The molecule has 0 saturated carbocycles. The van der Waals surface area contributed by atoms with Gasteiger partial charge in [0.25, 0.3) is 0 Å². The quantitative estimate of drug-likeness (QED) is 0.849. The van der Waals surface area contributed by atoms with Crippen molar-refractivity contribution in [2.24, 2.45) is 0 Å². The number of carbonyl (C=O) groups excluding carboxylic acids is 1. The predicted molar refractivity (Wildman–Crippen MR) is 84.4 cm³/mol. The largest absolute Gasteiger partial charge is 0.481 e. The van der Waals surface area contributed by atoms with E-state index < -0.39 is 11.9 Å². The van der Waals surface area contributed by atoms with Gasteiger partial charge in [-0.3, -0.25) is 4.79 Å². The van der Waals surface area contributed by atoms with Crippen LogP contribution in [0.3, 0.4) is 0 Å². The molecule has 0 atom stereocenters. The number of hydrogen-bond donors (Lipinski definition) is 1. The first-order chi connectivity index (χ1) is 11.0. The summed E-state index contributed by atoms with van der Waals surface area (Å²) in [5.41, 5.74) is 1.30. The van der Waals surface area contributed by atoms with Gasteiger partial charge in [0.05, 0.1) is 30.7 Å². The van der Waals surface area contributed by atoms with E-state index in [9.17, 15) is 9.59 Å². The van der Waals surface area contributed by atoms with E-state index in [0.29, 0.717) is 16.7 Å². The number of ether oxygens (including phenoxy) is 1. The van der Waals surface area contributed by atoms with Crippen molar-refractivity contribution in [1.82, 2.24) is 0 Å². The first-order valence-electron chi connectivity index (χ1n) is 6.64. The lowest BCUT2D eigenvalue weighted by molar-refractivity contribution is -0.136. The van der Waals surface area contributed by atoms with Gasteiger partial charge in [0.15, 0.2) is 0 Å². The maximum absolute atomic E-state index is 11.4. The highest BCUT2D eigenvalue weighted by molar-refractivity contribution is 7.99. The van der Waals surface area contributed by atoms with Crippen LogP contribution in [-0.2, 0) is 16.0 Å². The van der Waals surface area contributed by atoms with Crippen LogP contribution in [0.2, 0.25) is 0 Å². The highest BCUT2D eigenvalue weighted by atomic mass is 32.2. The Morgan fingerprint density at radius 1 is 1.17 bits per heavy atom. The molecule has 0 radical (unpaired) electrons. The summed E-state index contributed by atoms with van der Waals surface area (Å²) in [6, 6.07) is 14.0. The van der Waals surface area contributed by atoms with Gasteiger partial charge < -0.3 is 9.84 Å². The normalized spacial score (nSPS) is 9.91. The molecule has 2 rings (SSSR count). The lowest BCUT2D eigenvalue weighted by atomic mass is 10.1. The molecule has 0 unspecified atom stereocenters. The molecule has 0 fully saturated rings. The third kappa shape index (κ3) is 4.34. The van der Waals surface area contributed by atoms with Gasteiger partial charge in [0.1, 0.15) is 0 Å². The predicted octanol–water partition coefficient (Wildman–Crippen LogP) is 3.12. The first-order valence-corrected chi connectivity index (χ1v) is 7.46. The lowest BCUT2D eigenvalue weighted by Gasteiger charge is -2.06. The van der Waals surface area contributed by atoms with Gasteiger partial charge in [-0.05, 0) is 48.0 Å². The third-order valence-electron chi connectivity index (χ3n) is 3.05. The van der Waals surface area contributed by atoms with Crippen LogP contribution >= 0.6 is 11.8 Å². The number of carbonyl (C=O) groups is 2. The van der Waals surface area contributed by atoms with Gasteiger partial charge in [-0.2, -0.15) is 5.26 Å². The van der Waals surface area contributed by atoms with Crippen molar-refractivity contribution in [1.29, 1.82) is 5.26 Å². The SMILES string of the molecule is COC(=O)c1ccc(Sc2ccc(C#N)c(CC(=O)O)c2)cc1. The standard InChI is InChI=1S/C17H13NO4S/c1-22-17(21)11-2-5-14(6-3-11)23-15-7-4-12(10-18)13(8-15)9-16(19)20/h2-8H,9H2,1H3,(H,19,20). The van der Waals surface area contributed by atoms with Crippen molar-refractivity contribution in [3.63, 3.8) is 0 Å². The molecule has 0 spiro atoms. The minimum Gasteiger partial charge on any atom is -0.481 e. The fourth-order valence-electron chi connectivity index (χ4n) is 1.96. The summed E-state index contributed by atoms with van der Waals surface area (Å²) in [5, 5.41) is 17.9. The maximum Gasteiger partial charge on any atom is 0.337 e. The summed E-state index contributed by atoms with van der Waals surface area (Å²) in [5.74, 6) is -1.38. The summed E-state index contributed by atoms with van der Waals surface area (Å²) >= 11 is 1.42. The molecule has 0 aliphatic rings. The Labute approximate surface area is 137 Å². The Morgan fingerprint density at radius 3 is 2.39 bits per heavy atom. The number of esters is 1. The van der Waals surface area contributed by atoms with Gasteiger partial charge in [-0.1, -0.05) is 11.8 Å². The molecule has 0 aliphatic carbocycles. The van der Waals surface area contributed by atoms with E-state index in [1.165, 1.54) is 18.9 Å². The Hall–Kier alpha value is -2.78. The average molecular weight is 327 g/mol. The molecule has 0 heterocycles. The zero-order valence-electron chi connectivity index (χ0n) is 12.3. The van der Waals surface area contributed by atoms with E-state index in [2.05, 4.69) is 4.74 Å². The van der Waals surface area contributed by atoms with Gasteiger partial charge >= 0.3 is 11.9 Å². The molecule has 5 nitrogen and oxygen atoms in total. The van der Waals surface area contributed by atoms with Gasteiger partial charge in [-0.25, -0.2) is 4.79 Å². The monoisotopic (exact) mass is 327 g/mol. The molecule has 116 valence electrons. The van der Waals surface area contributed by atoms with Gasteiger partial charge in [-0.15, -0.1) is 0 Å². The van der Waals surface area contributed by atoms with Crippen molar-refractivity contribution in [2.45, 2.75) is 16.2 Å². The Bertz CT molecular complexity index is 778. The fraction of sp³-hybridized carbons (Fsp3) is 0.118. The molecule has 0 bridgehead atoms. The molecule has 0 saturated heterocycles. The number of carboxylic acid groups (broad SMARTS) is 1. The zero-order valence-corrected chi connectivity index (χ0v) is 13.1. The van der Waals surface area contributed by atoms with Crippen LogP contribution in [0.4, 0.5) is 0 Å². The molecule has 1 N–H and O–H groups in total. The molecule has 0 aliphatic heterocycles. The zero-order chi connectivity index (χ0) is 16.8. The summed E-state index contributed by atoms with van der Waals surface area (Å²) in [7, 11) is 1.33. The number of methoxy groups -OCH3 is 1. The van der Waals surface area contributed by atoms with E-state index in [0.717, 1.165) is 9.79 Å². The van der Waals surface area contributed by atoms with Gasteiger partial charge in [0, 0.05) is 9.79 Å². The van der Waals surface area contributed by atoms with E-state index in [1.54, 1.807) is 42.5 Å². The summed E-state index contributed by atoms with van der Waals surface area (Å²) in [6.07, 6.45) is -0.196. The Balaban J connectivity index is 2.21. The molecular formula is C17H13NO4S. The van der Waals surface area contributed by atoms with E-state index in [1.807, 2.05) is 6.07 Å². The second-order valence-corrected chi connectivity index (χ2v) is 5.77. The smallest absolute Gasteiger partial charge is 0.337 e. The topological polar surface area (TPSA) is 87.4 Å². The van der Waals surface area contributed by atoms with Crippen LogP contribution in [0.5, 0.6) is 0 Å². The van der Waals surface area contributed by atoms with E-state index >= 15 is 0 Å². The molecule has 0 amide bonds. The van der Waals surface area contributed by atoms with Gasteiger partial charge in [0.2, 0.25) is 0 Å². The molecule has 2 aromatic carbocycles. The fourth-order valence-corrected chi connectivity index (χ4v) is 2.85. The number of aliphatic carboxylic acids is 1. The number of carboxylic acids is 1. The second kappa shape index (κ2) is 7.47. The summed E-state index contributed by atoms with van der Waals surface area (Å²) in [6.45, 7) is 0. The molecule has 23 heavy (non-hydrogen) atoms. The Morgan fingerprint density at radius 2 is 1.83 bits per heavy atom. The van der Waals surface area contributed by atoms with E-state index in [-0.39, 0.29) is 6.42 Å². The number of rotatable bonds is 5. The van der Waals surface area contributed by atoms with Crippen molar-refractivity contribution in [2.75, 3.05) is 7.11 Å². The minimum atomic E-state index is -0.980. The Kier molecular flexibility index (Phi) is 5.39. The van der Waals surface area contributed by atoms with Crippen LogP contribution in [0.1, 0.15) is 21.5 Å². The number of nitrogens with zero attached hydrogens (tertiary/aromatic N) is 1. The molecule has 0 aromatic heterocycles. The van der Waals surface area contributed by atoms with Crippen LogP contribution in [0, 0.1) is 11.3 Å². The van der Waals surface area contributed by atoms with E-state index in [4.69, 9.17) is 10.4 Å². The molecule has 2 aromatic rings. The third-order valence-corrected chi connectivity index (χ3v) is 4.05. The van der Waals surface area contributed by atoms with Crippen LogP contribution in [0.25, 0.3) is 0 Å². The highest BCUT2D eigenvalue weighted by Gasteiger charge is 2.09. The number of nitriles is 1. The molecule has 6 heteroatoms. The molecular weight excluding hydrogens is 314 g/mol. The number of hydrogen-bond acceptors (Lipinski definition) is 5. The van der Waals surface area contributed by atoms with Crippen LogP contribution in [-0.4, -0.2) is 24.2 Å². The number of benzene rings is 2. The summed E-state index contributed by atoms with van der Waals surface area (Å²) < 4.78 is 4.64. The van der Waals surface area contributed by atoms with Crippen molar-refractivity contribution < 1.29 is 19.4 Å². The maximum atomic E-state index is 11.4. The first kappa shape index (κ1) is 16.6. The average Bonchev–Trinajstić information content (AvgIpc) is 2.54.